The first-order chi connectivity index (χ1) is 8.16. The van der Waals surface area contributed by atoms with Gasteiger partial charge in [0.1, 0.15) is 0 Å². The van der Waals surface area contributed by atoms with E-state index in [-0.39, 0.29) is 6.03 Å². The molecule has 6 heteroatoms. The molecule has 0 radical (unpaired) electrons. The van der Waals surface area contributed by atoms with Gasteiger partial charge in [0.2, 0.25) is 0 Å². The third-order valence-corrected chi connectivity index (χ3v) is 3.59. The molecule has 1 aromatic heterocycles. The van der Waals surface area contributed by atoms with Crippen molar-refractivity contribution in [2.75, 3.05) is 18.4 Å². The molecule has 5 nitrogen and oxygen atoms in total. The number of piperidine rings is 1. The van der Waals surface area contributed by atoms with Gasteiger partial charge in [0.15, 0.2) is 0 Å². The van der Waals surface area contributed by atoms with Gasteiger partial charge in [0.05, 0.1) is 10.9 Å². The Labute approximate surface area is 103 Å². The predicted octanol–water partition coefficient (Wildman–Crippen LogP) is 2.08. The van der Waals surface area contributed by atoms with Gasteiger partial charge in [-0.05, 0) is 30.4 Å². The summed E-state index contributed by atoms with van der Waals surface area (Å²) in [5.74, 6) is -1.25. The van der Waals surface area contributed by atoms with Crippen LogP contribution in [0, 0.1) is 5.92 Å². The smallest absolute Gasteiger partial charge is 0.322 e. The van der Waals surface area contributed by atoms with E-state index in [1.807, 2.05) is 17.5 Å². The lowest BCUT2D eigenvalue weighted by atomic mass is 9.99. The third-order valence-electron chi connectivity index (χ3n) is 2.81. The van der Waals surface area contributed by atoms with Crippen molar-refractivity contribution in [3.63, 3.8) is 0 Å². The molecule has 1 aliphatic heterocycles. The Morgan fingerprint density at radius 3 is 3.00 bits per heavy atom. The first-order valence-electron chi connectivity index (χ1n) is 5.49. The summed E-state index contributed by atoms with van der Waals surface area (Å²) in [4.78, 5) is 24.3. The summed E-state index contributed by atoms with van der Waals surface area (Å²) in [6, 6.07) is 3.47. The summed E-state index contributed by atoms with van der Waals surface area (Å²) in [6.45, 7) is 0.924. The number of carbonyl (C=O) groups excluding carboxylic acids is 1. The highest BCUT2D eigenvalue weighted by Gasteiger charge is 2.28. The summed E-state index contributed by atoms with van der Waals surface area (Å²) in [6.07, 6.45) is 1.40. The zero-order valence-corrected chi connectivity index (χ0v) is 10.1. The second-order valence-corrected chi connectivity index (χ2v) is 4.98. The van der Waals surface area contributed by atoms with Crippen molar-refractivity contribution in [1.82, 2.24) is 4.90 Å². The van der Waals surface area contributed by atoms with Gasteiger partial charge in [0.25, 0.3) is 0 Å². The van der Waals surface area contributed by atoms with Crippen molar-refractivity contribution in [1.29, 1.82) is 0 Å². The van der Waals surface area contributed by atoms with Gasteiger partial charge in [-0.25, -0.2) is 4.79 Å². The van der Waals surface area contributed by atoms with E-state index >= 15 is 0 Å². The van der Waals surface area contributed by atoms with Gasteiger partial charge in [-0.1, -0.05) is 0 Å². The molecule has 2 amide bonds. The molecule has 0 aliphatic carbocycles. The molecule has 1 atom stereocenters. The Balaban J connectivity index is 1.93. The minimum Gasteiger partial charge on any atom is -0.481 e. The van der Waals surface area contributed by atoms with Crippen molar-refractivity contribution < 1.29 is 14.7 Å². The Kier molecular flexibility index (Phi) is 3.63. The normalized spacial score (nSPS) is 20.0. The lowest BCUT2D eigenvalue weighted by Gasteiger charge is -2.30. The highest BCUT2D eigenvalue weighted by molar-refractivity contribution is 7.14. The van der Waals surface area contributed by atoms with Crippen molar-refractivity contribution >= 4 is 28.3 Å². The maximum absolute atomic E-state index is 11.9. The Bertz CT molecular complexity index is 405. The van der Waals surface area contributed by atoms with Gasteiger partial charge in [-0.3, -0.25) is 10.1 Å². The summed E-state index contributed by atoms with van der Waals surface area (Å²) in [5, 5.41) is 14.4. The van der Waals surface area contributed by atoms with Crippen LogP contribution in [0.25, 0.3) is 0 Å². The van der Waals surface area contributed by atoms with Crippen molar-refractivity contribution in [2.45, 2.75) is 12.8 Å². The molecule has 0 spiro atoms. The molecule has 1 fully saturated rings. The van der Waals surface area contributed by atoms with E-state index in [4.69, 9.17) is 5.11 Å². The number of hydrogen-bond acceptors (Lipinski definition) is 3. The summed E-state index contributed by atoms with van der Waals surface area (Å²) < 4.78 is 0. The zero-order valence-electron chi connectivity index (χ0n) is 9.26. The van der Waals surface area contributed by atoms with E-state index in [2.05, 4.69) is 5.32 Å². The topological polar surface area (TPSA) is 69.6 Å². The number of nitrogens with one attached hydrogen (secondary N) is 1. The highest BCUT2D eigenvalue weighted by atomic mass is 32.1. The quantitative estimate of drug-likeness (QED) is 0.849. The molecule has 1 aromatic rings. The lowest BCUT2D eigenvalue weighted by Crippen LogP contribution is -2.44. The average molecular weight is 254 g/mol. The van der Waals surface area contributed by atoms with Crippen LogP contribution in [0.5, 0.6) is 0 Å². The molecular weight excluding hydrogens is 240 g/mol. The van der Waals surface area contributed by atoms with Gasteiger partial charge in [0, 0.05) is 13.1 Å². The van der Waals surface area contributed by atoms with E-state index in [0.29, 0.717) is 19.5 Å². The average Bonchev–Trinajstić information content (AvgIpc) is 2.82. The van der Waals surface area contributed by atoms with Crippen LogP contribution >= 0.6 is 11.3 Å². The molecule has 17 heavy (non-hydrogen) atoms. The SMILES string of the molecule is O=C(O)[C@@H]1CCCN(C(=O)Nc2cccs2)C1. The van der Waals surface area contributed by atoms with E-state index < -0.39 is 11.9 Å². The number of nitrogens with zero attached hydrogens (tertiary/aromatic N) is 1. The molecular formula is C11H14N2O3S. The Morgan fingerprint density at radius 1 is 1.53 bits per heavy atom. The number of rotatable bonds is 2. The monoisotopic (exact) mass is 254 g/mol. The first kappa shape index (κ1) is 11.9. The zero-order chi connectivity index (χ0) is 12.3. The van der Waals surface area contributed by atoms with Gasteiger partial charge < -0.3 is 10.0 Å². The number of hydrogen-bond donors (Lipinski definition) is 2. The number of likely N-dealkylation sites (tertiary alicyclic amines) is 1. The second-order valence-electron chi connectivity index (χ2n) is 4.03. The first-order valence-corrected chi connectivity index (χ1v) is 6.37. The molecule has 92 valence electrons. The van der Waals surface area contributed by atoms with Crippen LogP contribution < -0.4 is 5.32 Å². The maximum atomic E-state index is 11.9. The van der Waals surface area contributed by atoms with Crippen LogP contribution in [0.15, 0.2) is 17.5 Å². The van der Waals surface area contributed by atoms with Gasteiger partial charge >= 0.3 is 12.0 Å². The predicted molar refractivity (Wildman–Crippen MR) is 65.3 cm³/mol. The molecule has 0 bridgehead atoms. The lowest BCUT2D eigenvalue weighted by molar-refractivity contribution is -0.143. The maximum Gasteiger partial charge on any atom is 0.322 e. The molecule has 0 saturated carbocycles. The minimum absolute atomic E-state index is 0.210. The summed E-state index contributed by atoms with van der Waals surface area (Å²) in [5.41, 5.74) is 0. The number of urea groups is 1. The molecule has 0 aromatic carbocycles. The fraction of sp³-hybridized carbons (Fsp3) is 0.455. The second kappa shape index (κ2) is 5.18. The van der Waals surface area contributed by atoms with Crippen LogP contribution in [0.4, 0.5) is 9.80 Å². The van der Waals surface area contributed by atoms with Crippen LogP contribution in [-0.4, -0.2) is 35.1 Å². The Morgan fingerprint density at radius 2 is 2.35 bits per heavy atom. The van der Waals surface area contributed by atoms with Crippen LogP contribution in [0.2, 0.25) is 0 Å². The van der Waals surface area contributed by atoms with E-state index in [0.717, 1.165) is 11.4 Å². The number of carbonyl (C=O) groups is 2. The standard InChI is InChI=1S/C11H14N2O3S/c14-10(15)8-3-1-5-13(7-8)11(16)12-9-4-2-6-17-9/h2,4,6,8H,1,3,5,7H2,(H,12,16)(H,14,15)/t8-/m1/s1. The number of amides is 2. The number of carboxylic acid groups (broad SMARTS) is 1. The van der Waals surface area contributed by atoms with Crippen LogP contribution in [0.3, 0.4) is 0 Å². The summed E-state index contributed by atoms with van der Waals surface area (Å²) >= 11 is 1.45. The third kappa shape index (κ3) is 2.97. The number of thiophene rings is 1. The fourth-order valence-electron chi connectivity index (χ4n) is 1.90. The molecule has 2 N–H and O–H groups in total. The van der Waals surface area contributed by atoms with E-state index in [1.54, 1.807) is 4.90 Å². The molecule has 2 rings (SSSR count). The molecule has 2 heterocycles. The van der Waals surface area contributed by atoms with Crippen LogP contribution in [0.1, 0.15) is 12.8 Å². The number of anilines is 1. The molecule has 1 aliphatic rings. The van der Waals surface area contributed by atoms with Crippen LogP contribution in [-0.2, 0) is 4.79 Å². The molecule has 1 saturated heterocycles. The number of carboxylic acids is 1. The fourth-order valence-corrected chi connectivity index (χ4v) is 2.50. The van der Waals surface area contributed by atoms with Crippen molar-refractivity contribution in [2.24, 2.45) is 5.92 Å². The van der Waals surface area contributed by atoms with E-state index in [1.165, 1.54) is 11.3 Å². The number of aliphatic carboxylic acids is 1. The highest BCUT2D eigenvalue weighted by Crippen LogP contribution is 2.19. The Hall–Kier alpha value is -1.56. The molecule has 0 unspecified atom stereocenters. The van der Waals surface area contributed by atoms with E-state index in [9.17, 15) is 9.59 Å². The van der Waals surface area contributed by atoms with Gasteiger partial charge in [-0.2, -0.15) is 0 Å². The van der Waals surface area contributed by atoms with Gasteiger partial charge in [-0.15, -0.1) is 11.3 Å². The van der Waals surface area contributed by atoms with Crippen molar-refractivity contribution in [3.05, 3.63) is 17.5 Å². The van der Waals surface area contributed by atoms with Crippen molar-refractivity contribution in [3.8, 4) is 0 Å². The largest absolute Gasteiger partial charge is 0.481 e. The minimum atomic E-state index is -0.821. The summed E-state index contributed by atoms with van der Waals surface area (Å²) in [7, 11) is 0.